The largest absolute Gasteiger partial charge is 0.383 e. The van der Waals surface area contributed by atoms with Crippen molar-refractivity contribution in [3.8, 4) is 11.3 Å². The first kappa shape index (κ1) is 11.0. The Balaban J connectivity index is 2.32. The van der Waals surface area contributed by atoms with Crippen LogP contribution in [-0.4, -0.2) is 9.38 Å². The van der Waals surface area contributed by atoms with Gasteiger partial charge in [0, 0.05) is 11.8 Å². The van der Waals surface area contributed by atoms with E-state index < -0.39 is 5.82 Å². The quantitative estimate of drug-likeness (QED) is 0.730. The summed E-state index contributed by atoms with van der Waals surface area (Å²) >= 11 is 5.76. The third kappa shape index (κ3) is 1.54. The monoisotopic (exact) mass is 261 g/mol. The van der Waals surface area contributed by atoms with E-state index in [9.17, 15) is 4.39 Å². The van der Waals surface area contributed by atoms with Gasteiger partial charge in [-0.1, -0.05) is 23.7 Å². The zero-order valence-corrected chi connectivity index (χ0v) is 10.0. The molecular weight excluding hydrogens is 253 g/mol. The third-order valence-electron chi connectivity index (χ3n) is 2.77. The highest BCUT2D eigenvalue weighted by molar-refractivity contribution is 6.31. The Bertz CT molecular complexity index is 736. The van der Waals surface area contributed by atoms with Crippen molar-refractivity contribution in [2.24, 2.45) is 0 Å². The molecule has 0 amide bonds. The summed E-state index contributed by atoms with van der Waals surface area (Å²) < 4.78 is 15.7. The summed E-state index contributed by atoms with van der Waals surface area (Å²) in [6.45, 7) is 0. The summed E-state index contributed by atoms with van der Waals surface area (Å²) in [5, 5.41) is 0.0592. The Morgan fingerprint density at radius 3 is 2.78 bits per heavy atom. The van der Waals surface area contributed by atoms with Crippen molar-refractivity contribution < 1.29 is 4.39 Å². The van der Waals surface area contributed by atoms with Gasteiger partial charge in [-0.25, -0.2) is 9.37 Å². The number of nitrogen functional groups attached to an aromatic ring is 1. The highest BCUT2D eigenvalue weighted by Crippen LogP contribution is 2.31. The molecule has 1 aromatic carbocycles. The molecule has 0 fully saturated rings. The highest BCUT2D eigenvalue weighted by atomic mass is 35.5. The number of rotatable bonds is 1. The van der Waals surface area contributed by atoms with Crippen LogP contribution in [0.15, 0.2) is 42.6 Å². The first-order valence-corrected chi connectivity index (χ1v) is 5.73. The minimum Gasteiger partial charge on any atom is -0.383 e. The predicted octanol–water partition coefficient (Wildman–Crippen LogP) is 3.38. The molecule has 0 saturated heterocycles. The Morgan fingerprint density at radius 1 is 1.17 bits per heavy atom. The van der Waals surface area contributed by atoms with Gasteiger partial charge in [-0.2, -0.15) is 0 Å². The molecule has 2 N–H and O–H groups in total. The normalized spacial score (nSPS) is 11.0. The van der Waals surface area contributed by atoms with Crippen molar-refractivity contribution in [3.63, 3.8) is 0 Å². The van der Waals surface area contributed by atoms with Crippen molar-refractivity contribution in [3.05, 3.63) is 53.4 Å². The lowest BCUT2D eigenvalue weighted by molar-refractivity contribution is 0.631. The number of nitrogens with zero attached hydrogens (tertiary/aromatic N) is 2. The molecule has 0 aliphatic rings. The molecule has 0 radical (unpaired) electrons. The zero-order chi connectivity index (χ0) is 12.7. The zero-order valence-electron chi connectivity index (χ0n) is 9.27. The number of imidazole rings is 1. The molecule has 18 heavy (non-hydrogen) atoms. The average Bonchev–Trinajstić information content (AvgIpc) is 2.71. The molecule has 0 spiro atoms. The maximum absolute atomic E-state index is 14.0. The van der Waals surface area contributed by atoms with Crippen molar-refractivity contribution in [2.75, 3.05) is 5.73 Å². The van der Waals surface area contributed by atoms with E-state index in [-0.39, 0.29) is 5.02 Å². The van der Waals surface area contributed by atoms with E-state index >= 15 is 0 Å². The number of halogens is 2. The predicted molar refractivity (Wildman–Crippen MR) is 70.0 cm³/mol. The molecule has 0 saturated carbocycles. The minimum atomic E-state index is -0.505. The lowest BCUT2D eigenvalue weighted by atomic mass is 10.1. The van der Waals surface area contributed by atoms with Crippen LogP contribution in [0.25, 0.3) is 16.9 Å². The molecule has 5 heteroatoms. The molecule has 3 nitrogen and oxygen atoms in total. The molecule has 0 aliphatic heterocycles. The summed E-state index contributed by atoms with van der Waals surface area (Å²) in [5.74, 6) is -0.110. The van der Waals surface area contributed by atoms with E-state index in [0.29, 0.717) is 22.7 Å². The smallest absolute Gasteiger partial charge is 0.151 e. The fourth-order valence-electron chi connectivity index (χ4n) is 1.90. The van der Waals surface area contributed by atoms with Gasteiger partial charge in [0.2, 0.25) is 0 Å². The number of hydrogen-bond acceptors (Lipinski definition) is 2. The topological polar surface area (TPSA) is 43.3 Å². The standard InChI is InChI=1S/C13H9ClFN3/c14-9-5-3-4-8(11(9)15)12-13(16)18-7-2-1-6-10(18)17-12/h1-7H,16H2. The van der Waals surface area contributed by atoms with Crippen LogP contribution in [0.2, 0.25) is 5.02 Å². The maximum Gasteiger partial charge on any atom is 0.151 e. The summed E-state index contributed by atoms with van der Waals surface area (Å²) in [7, 11) is 0. The fraction of sp³-hybridized carbons (Fsp3) is 0. The van der Waals surface area contributed by atoms with Crippen LogP contribution in [0.5, 0.6) is 0 Å². The highest BCUT2D eigenvalue weighted by Gasteiger charge is 2.16. The van der Waals surface area contributed by atoms with Gasteiger partial charge in [0.25, 0.3) is 0 Å². The SMILES string of the molecule is Nc1c(-c2cccc(Cl)c2F)nc2ccccn12. The number of anilines is 1. The molecule has 0 bridgehead atoms. The van der Waals surface area contributed by atoms with E-state index in [0.717, 1.165) is 0 Å². The molecule has 3 aromatic rings. The number of pyridine rings is 1. The van der Waals surface area contributed by atoms with E-state index in [1.165, 1.54) is 6.07 Å². The molecule has 0 aliphatic carbocycles. The molecule has 2 heterocycles. The fourth-order valence-corrected chi connectivity index (χ4v) is 2.07. The van der Waals surface area contributed by atoms with Crippen LogP contribution in [0.1, 0.15) is 0 Å². The maximum atomic E-state index is 14.0. The Morgan fingerprint density at radius 2 is 2.00 bits per heavy atom. The molecule has 90 valence electrons. The second kappa shape index (κ2) is 3.99. The summed E-state index contributed by atoms with van der Waals surface area (Å²) in [6, 6.07) is 10.3. The summed E-state index contributed by atoms with van der Waals surface area (Å²) in [4.78, 5) is 4.32. The van der Waals surface area contributed by atoms with E-state index in [4.69, 9.17) is 17.3 Å². The van der Waals surface area contributed by atoms with Crippen molar-refractivity contribution >= 4 is 23.1 Å². The van der Waals surface area contributed by atoms with Gasteiger partial charge in [0.15, 0.2) is 5.82 Å². The average molecular weight is 262 g/mol. The van der Waals surface area contributed by atoms with Crippen molar-refractivity contribution in [1.29, 1.82) is 0 Å². The molecule has 2 aromatic heterocycles. The number of nitrogens with two attached hydrogens (primary N) is 1. The van der Waals surface area contributed by atoms with Gasteiger partial charge in [-0.05, 0) is 24.3 Å². The molecule has 0 atom stereocenters. The van der Waals surface area contributed by atoms with Crippen LogP contribution >= 0.6 is 11.6 Å². The lowest BCUT2D eigenvalue weighted by Gasteiger charge is -2.02. The second-order valence-corrected chi connectivity index (χ2v) is 4.28. The van der Waals surface area contributed by atoms with E-state index in [1.54, 1.807) is 22.7 Å². The Labute approximate surface area is 108 Å². The summed E-state index contributed by atoms with van der Waals surface area (Å²) in [6.07, 6.45) is 1.78. The number of aromatic nitrogens is 2. The lowest BCUT2D eigenvalue weighted by Crippen LogP contribution is -1.94. The Kier molecular flexibility index (Phi) is 2.45. The van der Waals surface area contributed by atoms with Crippen molar-refractivity contribution in [1.82, 2.24) is 9.38 Å². The van der Waals surface area contributed by atoms with Crippen LogP contribution in [0.3, 0.4) is 0 Å². The third-order valence-corrected chi connectivity index (χ3v) is 3.07. The van der Waals surface area contributed by atoms with Gasteiger partial charge in [-0.3, -0.25) is 4.40 Å². The van der Waals surface area contributed by atoms with Crippen molar-refractivity contribution in [2.45, 2.75) is 0 Å². The number of fused-ring (bicyclic) bond motifs is 1. The van der Waals surface area contributed by atoms with Gasteiger partial charge >= 0.3 is 0 Å². The van der Waals surface area contributed by atoms with Gasteiger partial charge < -0.3 is 5.73 Å². The number of benzene rings is 1. The number of hydrogen-bond donors (Lipinski definition) is 1. The first-order valence-electron chi connectivity index (χ1n) is 5.35. The summed E-state index contributed by atoms with van der Waals surface area (Å²) in [5.41, 5.74) is 7.36. The van der Waals surface area contributed by atoms with E-state index in [2.05, 4.69) is 4.98 Å². The van der Waals surface area contributed by atoms with Crippen LogP contribution in [0, 0.1) is 5.82 Å². The van der Waals surface area contributed by atoms with Crippen LogP contribution in [0.4, 0.5) is 10.2 Å². The Hall–Kier alpha value is -2.07. The second-order valence-electron chi connectivity index (χ2n) is 3.88. The van der Waals surface area contributed by atoms with Gasteiger partial charge in [0.1, 0.15) is 17.2 Å². The van der Waals surface area contributed by atoms with Gasteiger partial charge in [-0.15, -0.1) is 0 Å². The van der Waals surface area contributed by atoms with Crippen LogP contribution in [-0.2, 0) is 0 Å². The molecule has 0 unspecified atom stereocenters. The molecule has 3 rings (SSSR count). The minimum absolute atomic E-state index is 0.0592. The molecular formula is C13H9ClFN3. The van der Waals surface area contributed by atoms with E-state index in [1.807, 2.05) is 18.2 Å². The van der Waals surface area contributed by atoms with Gasteiger partial charge in [0.05, 0.1) is 5.02 Å². The van der Waals surface area contributed by atoms with Crippen LogP contribution < -0.4 is 5.73 Å². The first-order chi connectivity index (χ1) is 8.68.